The van der Waals surface area contributed by atoms with Crippen LogP contribution in [-0.2, 0) is 14.8 Å². The standard InChI is InChI=1S/C26H45N3O6S/c1-7-13-28(5)17-25-19(2)16-29(20(3)18-30)26(31)23-15-22(27-36(6,32)33)11-12-24(23)35-21(4)10-8-9-14-34-25/h11-12,15,19-21,25,27,30H,7-10,13-14,16-18H2,1-6H3/t19-,20+,21-,25-/m1/s1. The molecule has 0 fully saturated rings. The Hall–Kier alpha value is -1.88. The molecule has 9 nitrogen and oxygen atoms in total. The van der Waals surface area contributed by atoms with Gasteiger partial charge in [0, 0.05) is 31.3 Å². The normalized spacial score (nSPS) is 23.5. The van der Waals surface area contributed by atoms with E-state index >= 15 is 0 Å². The van der Waals surface area contributed by atoms with Gasteiger partial charge in [0.1, 0.15) is 5.75 Å². The van der Waals surface area contributed by atoms with Gasteiger partial charge in [-0.15, -0.1) is 0 Å². The Labute approximate surface area is 217 Å². The van der Waals surface area contributed by atoms with E-state index < -0.39 is 16.1 Å². The third-order valence-corrected chi connectivity index (χ3v) is 7.06. The summed E-state index contributed by atoms with van der Waals surface area (Å²) in [5, 5.41) is 9.98. The third kappa shape index (κ3) is 9.53. The molecule has 1 aromatic carbocycles. The Balaban J connectivity index is 2.48. The zero-order valence-corrected chi connectivity index (χ0v) is 23.5. The van der Waals surface area contributed by atoms with E-state index in [1.54, 1.807) is 24.0 Å². The summed E-state index contributed by atoms with van der Waals surface area (Å²) in [5.74, 6) is 0.0909. The SMILES string of the molecule is CCCN(C)C[C@H]1OCCCC[C@@H](C)Oc2ccc(NS(C)(=O)=O)cc2C(=O)N([C@@H](C)CO)C[C@H]1C. The summed E-state index contributed by atoms with van der Waals surface area (Å²) in [4.78, 5) is 17.8. The fourth-order valence-electron chi connectivity index (χ4n) is 4.44. The Kier molecular flexibility index (Phi) is 11.9. The van der Waals surface area contributed by atoms with Crippen LogP contribution in [0.1, 0.15) is 63.7 Å². The molecule has 4 atom stereocenters. The molecule has 0 aliphatic carbocycles. The van der Waals surface area contributed by atoms with E-state index in [1.807, 2.05) is 6.92 Å². The first-order valence-corrected chi connectivity index (χ1v) is 14.8. The van der Waals surface area contributed by atoms with Crippen molar-refractivity contribution in [1.82, 2.24) is 9.80 Å². The van der Waals surface area contributed by atoms with Crippen LogP contribution < -0.4 is 9.46 Å². The van der Waals surface area contributed by atoms with Gasteiger partial charge in [-0.1, -0.05) is 13.8 Å². The molecule has 0 saturated carbocycles. The second-order valence-electron chi connectivity index (χ2n) is 10.1. The van der Waals surface area contributed by atoms with E-state index in [-0.39, 0.29) is 41.9 Å². The van der Waals surface area contributed by atoms with Gasteiger partial charge in [0.15, 0.2) is 0 Å². The Bertz CT molecular complexity index is 942. The number of likely N-dealkylation sites (N-methyl/N-ethyl adjacent to an activating group) is 1. The van der Waals surface area contributed by atoms with Crippen molar-refractivity contribution in [3.63, 3.8) is 0 Å². The molecule has 0 bridgehead atoms. The number of fused-ring (bicyclic) bond motifs is 1. The van der Waals surface area contributed by atoms with Crippen molar-refractivity contribution < 1.29 is 27.8 Å². The monoisotopic (exact) mass is 527 g/mol. The second kappa shape index (κ2) is 14.2. The largest absolute Gasteiger partial charge is 0.490 e. The summed E-state index contributed by atoms with van der Waals surface area (Å²) < 4.78 is 38.6. The lowest BCUT2D eigenvalue weighted by atomic mass is 10.0. The van der Waals surface area contributed by atoms with Crippen LogP contribution in [0.2, 0.25) is 0 Å². The number of hydrogen-bond donors (Lipinski definition) is 2. The van der Waals surface area contributed by atoms with E-state index in [4.69, 9.17) is 9.47 Å². The maximum Gasteiger partial charge on any atom is 0.258 e. The molecule has 0 spiro atoms. The molecule has 0 saturated heterocycles. The van der Waals surface area contributed by atoms with E-state index in [1.165, 1.54) is 6.07 Å². The van der Waals surface area contributed by atoms with E-state index in [9.17, 15) is 18.3 Å². The summed E-state index contributed by atoms with van der Waals surface area (Å²) in [6, 6.07) is 4.31. The Morgan fingerprint density at radius 1 is 1.28 bits per heavy atom. The number of aliphatic hydroxyl groups excluding tert-OH is 1. The first-order chi connectivity index (χ1) is 16.9. The van der Waals surface area contributed by atoms with Gasteiger partial charge in [-0.05, 0) is 71.3 Å². The molecule has 1 aliphatic heterocycles. The molecule has 10 heteroatoms. The van der Waals surface area contributed by atoms with E-state index in [0.717, 1.165) is 45.0 Å². The number of hydrogen-bond acceptors (Lipinski definition) is 7. The number of carbonyl (C=O) groups excluding carboxylic acids is 1. The highest BCUT2D eigenvalue weighted by molar-refractivity contribution is 7.92. The van der Waals surface area contributed by atoms with Gasteiger partial charge in [0.05, 0.1) is 36.7 Å². The number of sulfonamides is 1. The van der Waals surface area contributed by atoms with Crippen molar-refractivity contribution >= 4 is 21.6 Å². The topological polar surface area (TPSA) is 108 Å². The highest BCUT2D eigenvalue weighted by Crippen LogP contribution is 2.28. The van der Waals surface area contributed by atoms with Crippen molar-refractivity contribution in [3.8, 4) is 5.75 Å². The Morgan fingerprint density at radius 3 is 2.64 bits per heavy atom. The zero-order valence-electron chi connectivity index (χ0n) is 22.7. The second-order valence-corrected chi connectivity index (χ2v) is 11.9. The van der Waals surface area contributed by atoms with Crippen molar-refractivity contribution in [3.05, 3.63) is 23.8 Å². The number of rotatable bonds is 8. The lowest BCUT2D eigenvalue weighted by molar-refractivity contribution is -0.0167. The quantitative estimate of drug-likeness (QED) is 0.534. The summed E-state index contributed by atoms with van der Waals surface area (Å²) in [6.45, 7) is 10.5. The van der Waals surface area contributed by atoms with Crippen LogP contribution in [0.5, 0.6) is 5.75 Å². The molecule has 1 aromatic rings. The Morgan fingerprint density at radius 2 is 2.00 bits per heavy atom. The predicted molar refractivity (Wildman–Crippen MR) is 143 cm³/mol. The first-order valence-electron chi connectivity index (χ1n) is 13.0. The minimum atomic E-state index is -3.52. The zero-order chi connectivity index (χ0) is 26.9. The first kappa shape index (κ1) is 30.3. The smallest absolute Gasteiger partial charge is 0.258 e. The number of carbonyl (C=O) groups is 1. The van der Waals surface area contributed by atoms with Crippen LogP contribution in [-0.4, -0.2) is 93.6 Å². The van der Waals surface area contributed by atoms with Crippen LogP contribution in [0, 0.1) is 5.92 Å². The molecule has 0 aromatic heterocycles. The van der Waals surface area contributed by atoms with Crippen molar-refractivity contribution in [2.75, 3.05) is 50.9 Å². The molecular formula is C26H45N3O6S. The minimum absolute atomic E-state index is 0.00539. The fraction of sp³-hybridized carbons (Fsp3) is 0.731. The average Bonchev–Trinajstić information content (AvgIpc) is 2.80. The molecule has 1 heterocycles. The molecule has 206 valence electrons. The summed E-state index contributed by atoms with van der Waals surface area (Å²) >= 11 is 0. The van der Waals surface area contributed by atoms with Crippen molar-refractivity contribution in [1.29, 1.82) is 0 Å². The van der Waals surface area contributed by atoms with Crippen LogP contribution in [0.25, 0.3) is 0 Å². The molecule has 36 heavy (non-hydrogen) atoms. The van der Waals surface area contributed by atoms with Crippen LogP contribution in [0.15, 0.2) is 18.2 Å². The number of benzene rings is 1. The molecule has 0 unspecified atom stereocenters. The fourth-order valence-corrected chi connectivity index (χ4v) is 5.00. The number of nitrogens with one attached hydrogen (secondary N) is 1. The highest BCUT2D eigenvalue weighted by Gasteiger charge is 2.30. The highest BCUT2D eigenvalue weighted by atomic mass is 32.2. The van der Waals surface area contributed by atoms with Gasteiger partial charge in [0.25, 0.3) is 5.91 Å². The van der Waals surface area contributed by atoms with Gasteiger partial charge in [-0.25, -0.2) is 8.42 Å². The third-order valence-electron chi connectivity index (χ3n) is 6.45. The lowest BCUT2D eigenvalue weighted by Crippen LogP contribution is -2.47. The minimum Gasteiger partial charge on any atom is -0.490 e. The van der Waals surface area contributed by atoms with Crippen molar-refractivity contribution in [2.45, 2.75) is 71.6 Å². The number of anilines is 1. The van der Waals surface area contributed by atoms with Gasteiger partial charge in [-0.2, -0.15) is 0 Å². The van der Waals surface area contributed by atoms with Crippen LogP contribution in [0.3, 0.4) is 0 Å². The summed E-state index contributed by atoms with van der Waals surface area (Å²) in [7, 11) is -1.45. The molecule has 0 radical (unpaired) electrons. The number of amides is 1. The van der Waals surface area contributed by atoms with Crippen molar-refractivity contribution in [2.24, 2.45) is 5.92 Å². The maximum atomic E-state index is 13.9. The summed E-state index contributed by atoms with van der Waals surface area (Å²) in [6.07, 6.45) is 4.54. The van der Waals surface area contributed by atoms with Gasteiger partial charge in [0.2, 0.25) is 10.0 Å². The average molecular weight is 528 g/mol. The summed E-state index contributed by atoms with van der Waals surface area (Å²) in [5.41, 5.74) is 0.551. The maximum absolute atomic E-state index is 13.9. The van der Waals surface area contributed by atoms with Crippen LogP contribution >= 0.6 is 0 Å². The molecule has 1 amide bonds. The van der Waals surface area contributed by atoms with Gasteiger partial charge >= 0.3 is 0 Å². The predicted octanol–water partition coefficient (Wildman–Crippen LogP) is 3.20. The molecule has 1 aliphatic rings. The molecule has 2 N–H and O–H groups in total. The van der Waals surface area contributed by atoms with Crippen LogP contribution in [0.4, 0.5) is 5.69 Å². The molecular weight excluding hydrogens is 482 g/mol. The van der Waals surface area contributed by atoms with Gasteiger partial charge in [-0.3, -0.25) is 9.52 Å². The van der Waals surface area contributed by atoms with E-state index in [0.29, 0.717) is 18.9 Å². The van der Waals surface area contributed by atoms with E-state index in [2.05, 4.69) is 30.5 Å². The number of aliphatic hydroxyl groups is 1. The number of ether oxygens (including phenoxy) is 2. The van der Waals surface area contributed by atoms with Gasteiger partial charge < -0.3 is 24.4 Å². The number of nitrogens with zero attached hydrogens (tertiary/aromatic N) is 2. The lowest BCUT2D eigenvalue weighted by Gasteiger charge is -2.35. The molecule has 2 rings (SSSR count).